The smallest absolute Gasteiger partial charge is 0.253 e. The van der Waals surface area contributed by atoms with Crippen molar-refractivity contribution in [3.05, 3.63) is 29.0 Å². The topological polar surface area (TPSA) is 72.2 Å². The predicted molar refractivity (Wildman–Crippen MR) is 45.9 cm³/mol. The minimum Gasteiger partial charge on any atom is -0.257 e. The highest BCUT2D eigenvalue weighted by molar-refractivity contribution is 7.89. The zero-order valence-electron chi connectivity index (χ0n) is 6.29. The molecule has 0 saturated carbocycles. The second-order valence-corrected chi connectivity index (χ2v) is 4.38. The SMILES string of the molecule is NNS(=O)(=O)c1cc(F)cc(Cl)c1. The normalized spacial score (nSPS) is 11.6. The molecule has 0 aliphatic rings. The summed E-state index contributed by atoms with van der Waals surface area (Å²) in [7, 11) is -3.84. The molecule has 0 unspecified atom stereocenters. The van der Waals surface area contributed by atoms with Gasteiger partial charge in [-0.3, -0.25) is 5.84 Å². The van der Waals surface area contributed by atoms with Crippen molar-refractivity contribution < 1.29 is 12.8 Å². The van der Waals surface area contributed by atoms with Gasteiger partial charge in [-0.1, -0.05) is 11.6 Å². The van der Waals surface area contributed by atoms with Gasteiger partial charge in [-0.05, 0) is 18.2 Å². The van der Waals surface area contributed by atoms with Crippen molar-refractivity contribution in [3.8, 4) is 0 Å². The summed E-state index contributed by atoms with van der Waals surface area (Å²) in [6.07, 6.45) is 0. The molecule has 0 spiro atoms. The summed E-state index contributed by atoms with van der Waals surface area (Å²) in [5, 5.41) is -0.00572. The molecular weight excluding hydrogens is 219 g/mol. The molecule has 4 nitrogen and oxygen atoms in total. The lowest BCUT2D eigenvalue weighted by Crippen LogP contribution is -2.30. The predicted octanol–water partition coefficient (Wildman–Crippen LogP) is 0.631. The standard InChI is InChI=1S/C6H6ClFN2O2S/c7-4-1-5(8)3-6(2-4)13(11,12)10-9/h1-3,10H,9H2. The maximum absolute atomic E-state index is 12.7. The molecule has 0 aliphatic carbocycles. The summed E-state index contributed by atoms with van der Waals surface area (Å²) in [5.41, 5.74) is 0. The Morgan fingerprint density at radius 2 is 2.00 bits per heavy atom. The number of halogens is 2. The van der Waals surface area contributed by atoms with Gasteiger partial charge < -0.3 is 0 Å². The quantitative estimate of drug-likeness (QED) is 0.572. The van der Waals surface area contributed by atoms with Gasteiger partial charge in [-0.2, -0.15) is 4.83 Å². The van der Waals surface area contributed by atoms with Gasteiger partial charge >= 0.3 is 0 Å². The zero-order valence-corrected chi connectivity index (χ0v) is 7.86. The average Bonchev–Trinajstić information content (AvgIpc) is 2.02. The molecule has 0 aromatic heterocycles. The minimum absolute atomic E-state index is 0.00572. The van der Waals surface area contributed by atoms with Crippen LogP contribution in [-0.4, -0.2) is 8.42 Å². The molecule has 13 heavy (non-hydrogen) atoms. The third-order valence-corrected chi connectivity index (χ3v) is 2.69. The third-order valence-electron chi connectivity index (χ3n) is 1.30. The Hall–Kier alpha value is -0.690. The number of hydrazine groups is 1. The lowest BCUT2D eigenvalue weighted by molar-refractivity contribution is 0.580. The Morgan fingerprint density at radius 1 is 1.38 bits per heavy atom. The molecule has 0 heterocycles. The van der Waals surface area contributed by atoms with Gasteiger partial charge in [0.2, 0.25) is 0 Å². The monoisotopic (exact) mass is 224 g/mol. The van der Waals surface area contributed by atoms with Crippen molar-refractivity contribution in [2.75, 3.05) is 0 Å². The van der Waals surface area contributed by atoms with E-state index in [9.17, 15) is 12.8 Å². The van der Waals surface area contributed by atoms with Crippen LogP contribution in [0.4, 0.5) is 4.39 Å². The van der Waals surface area contributed by atoms with E-state index in [0.717, 1.165) is 18.2 Å². The van der Waals surface area contributed by atoms with Crippen LogP contribution in [0.15, 0.2) is 23.1 Å². The van der Waals surface area contributed by atoms with Crippen molar-refractivity contribution in [2.45, 2.75) is 4.90 Å². The van der Waals surface area contributed by atoms with Crippen LogP contribution in [0.25, 0.3) is 0 Å². The summed E-state index contributed by atoms with van der Waals surface area (Å²) in [5.74, 6) is 4.00. The number of benzene rings is 1. The van der Waals surface area contributed by atoms with Crippen molar-refractivity contribution in [1.82, 2.24) is 4.83 Å². The maximum atomic E-state index is 12.7. The number of nitrogens with two attached hydrogens (primary N) is 1. The molecule has 1 aromatic rings. The van der Waals surface area contributed by atoms with Gasteiger partial charge in [-0.25, -0.2) is 12.8 Å². The molecule has 0 aliphatic heterocycles. The highest BCUT2D eigenvalue weighted by Crippen LogP contribution is 2.17. The van der Waals surface area contributed by atoms with Crippen LogP contribution < -0.4 is 10.7 Å². The summed E-state index contributed by atoms with van der Waals surface area (Å²) < 4.78 is 34.8. The lowest BCUT2D eigenvalue weighted by atomic mass is 10.3. The van der Waals surface area contributed by atoms with Gasteiger partial charge in [-0.15, -0.1) is 0 Å². The van der Waals surface area contributed by atoms with E-state index in [-0.39, 0.29) is 9.92 Å². The molecule has 3 N–H and O–H groups in total. The summed E-state index contributed by atoms with van der Waals surface area (Å²) in [4.78, 5) is 1.25. The van der Waals surface area contributed by atoms with E-state index in [1.165, 1.54) is 0 Å². The fourth-order valence-corrected chi connectivity index (χ4v) is 1.72. The van der Waals surface area contributed by atoms with E-state index in [4.69, 9.17) is 17.4 Å². The number of hydrogen-bond donors (Lipinski definition) is 2. The summed E-state index contributed by atoms with van der Waals surface area (Å²) in [6, 6.07) is 2.91. The minimum atomic E-state index is -3.84. The van der Waals surface area contributed by atoms with Gasteiger partial charge in [0.05, 0.1) is 4.90 Å². The first-order valence-corrected chi connectivity index (χ1v) is 5.00. The van der Waals surface area contributed by atoms with Gasteiger partial charge in [0.1, 0.15) is 5.82 Å². The molecule has 7 heteroatoms. The molecule has 0 saturated heterocycles. The van der Waals surface area contributed by atoms with Crippen LogP contribution in [0.1, 0.15) is 0 Å². The molecule has 1 rings (SSSR count). The Labute approximate surface area is 79.5 Å². The van der Waals surface area contributed by atoms with E-state index >= 15 is 0 Å². The van der Waals surface area contributed by atoms with E-state index in [1.54, 1.807) is 4.83 Å². The Bertz CT molecular complexity index is 400. The molecular formula is C6H6ClFN2O2S. The third kappa shape index (κ3) is 2.38. The van der Waals surface area contributed by atoms with Gasteiger partial charge in [0, 0.05) is 5.02 Å². The van der Waals surface area contributed by atoms with Crippen LogP contribution in [0.5, 0.6) is 0 Å². The van der Waals surface area contributed by atoms with Crippen molar-refractivity contribution in [1.29, 1.82) is 0 Å². The lowest BCUT2D eigenvalue weighted by Gasteiger charge is -2.02. The Balaban J connectivity index is 3.32. The maximum Gasteiger partial charge on any atom is 0.253 e. The second-order valence-electron chi connectivity index (χ2n) is 2.23. The Morgan fingerprint density at radius 3 is 2.46 bits per heavy atom. The van der Waals surface area contributed by atoms with Gasteiger partial charge in [0.15, 0.2) is 0 Å². The molecule has 0 radical (unpaired) electrons. The Kier molecular flexibility index (Phi) is 2.87. The summed E-state index contributed by atoms with van der Waals surface area (Å²) >= 11 is 5.44. The van der Waals surface area contributed by atoms with Crippen molar-refractivity contribution in [3.63, 3.8) is 0 Å². The van der Waals surface area contributed by atoms with Crippen LogP contribution in [-0.2, 0) is 10.0 Å². The fraction of sp³-hybridized carbons (Fsp3) is 0. The molecule has 0 amide bonds. The van der Waals surface area contributed by atoms with E-state index in [0.29, 0.717) is 0 Å². The van der Waals surface area contributed by atoms with Crippen LogP contribution in [0.2, 0.25) is 5.02 Å². The van der Waals surface area contributed by atoms with Crippen molar-refractivity contribution in [2.24, 2.45) is 5.84 Å². The zero-order chi connectivity index (χ0) is 10.1. The number of hydrogen-bond acceptors (Lipinski definition) is 3. The van der Waals surface area contributed by atoms with Crippen molar-refractivity contribution >= 4 is 21.6 Å². The number of sulfonamides is 1. The van der Waals surface area contributed by atoms with E-state index in [2.05, 4.69) is 0 Å². The number of rotatable bonds is 2. The largest absolute Gasteiger partial charge is 0.257 e. The number of nitrogens with one attached hydrogen (secondary N) is 1. The molecule has 0 atom stereocenters. The molecule has 0 bridgehead atoms. The highest BCUT2D eigenvalue weighted by Gasteiger charge is 2.13. The average molecular weight is 225 g/mol. The molecule has 1 aromatic carbocycles. The first-order valence-electron chi connectivity index (χ1n) is 3.14. The molecule has 0 fully saturated rings. The van der Waals surface area contributed by atoms with E-state index in [1.807, 2.05) is 0 Å². The first kappa shape index (κ1) is 10.4. The first-order chi connectivity index (χ1) is 5.95. The molecule has 72 valence electrons. The van der Waals surface area contributed by atoms with E-state index < -0.39 is 15.8 Å². The van der Waals surface area contributed by atoms with Crippen LogP contribution in [0.3, 0.4) is 0 Å². The fourth-order valence-electron chi connectivity index (χ4n) is 0.752. The van der Waals surface area contributed by atoms with Crippen LogP contribution >= 0.6 is 11.6 Å². The summed E-state index contributed by atoms with van der Waals surface area (Å²) in [6.45, 7) is 0. The highest BCUT2D eigenvalue weighted by atomic mass is 35.5. The van der Waals surface area contributed by atoms with Crippen LogP contribution in [0, 0.1) is 5.82 Å². The van der Waals surface area contributed by atoms with Gasteiger partial charge in [0.25, 0.3) is 10.0 Å². The second kappa shape index (κ2) is 3.59.